The van der Waals surface area contributed by atoms with E-state index in [4.69, 9.17) is 0 Å². The first-order chi connectivity index (χ1) is 8.53. The molecule has 1 amide bonds. The molecule has 0 radical (unpaired) electrons. The molecule has 0 aliphatic heterocycles. The zero-order valence-electron chi connectivity index (χ0n) is 11.5. The summed E-state index contributed by atoms with van der Waals surface area (Å²) < 4.78 is 1.76. The fourth-order valence-corrected chi connectivity index (χ4v) is 2.60. The lowest BCUT2D eigenvalue weighted by molar-refractivity contribution is 0.0921. The molecule has 5 heteroatoms. The topological polar surface area (TPSA) is 46.9 Å². The van der Waals surface area contributed by atoms with Gasteiger partial charge in [-0.15, -0.1) is 0 Å². The van der Waals surface area contributed by atoms with Crippen LogP contribution in [-0.4, -0.2) is 27.1 Å². The van der Waals surface area contributed by atoms with E-state index in [1.54, 1.807) is 4.68 Å². The van der Waals surface area contributed by atoms with Crippen LogP contribution >= 0.6 is 15.9 Å². The van der Waals surface area contributed by atoms with E-state index in [2.05, 4.69) is 40.2 Å². The van der Waals surface area contributed by atoms with Gasteiger partial charge in [0.1, 0.15) is 5.69 Å². The van der Waals surface area contributed by atoms with Crippen LogP contribution in [0.2, 0.25) is 0 Å². The lowest BCUT2D eigenvalue weighted by atomic mass is 10.1. The monoisotopic (exact) mass is 315 g/mol. The van der Waals surface area contributed by atoms with Gasteiger partial charge >= 0.3 is 0 Å². The molecule has 0 aliphatic carbocycles. The molecule has 18 heavy (non-hydrogen) atoms. The molecular weight excluding hydrogens is 294 g/mol. The third kappa shape index (κ3) is 3.57. The van der Waals surface area contributed by atoms with Crippen LogP contribution in [0.25, 0.3) is 0 Å². The van der Waals surface area contributed by atoms with Gasteiger partial charge in [-0.1, -0.05) is 36.7 Å². The molecule has 0 saturated heterocycles. The van der Waals surface area contributed by atoms with Crippen LogP contribution in [0.3, 0.4) is 0 Å². The number of carbonyl (C=O) groups excluding carboxylic acids is 1. The number of aromatic nitrogens is 2. The van der Waals surface area contributed by atoms with Crippen LogP contribution in [0, 0.1) is 5.92 Å². The molecule has 0 saturated carbocycles. The van der Waals surface area contributed by atoms with Crippen molar-refractivity contribution in [2.24, 2.45) is 5.92 Å². The molecule has 1 rings (SSSR count). The number of halogens is 1. The van der Waals surface area contributed by atoms with Crippen molar-refractivity contribution in [1.29, 1.82) is 0 Å². The minimum atomic E-state index is -0.0396. The summed E-state index contributed by atoms with van der Waals surface area (Å²) in [5.74, 6) is 0.360. The van der Waals surface area contributed by atoms with Crippen molar-refractivity contribution in [1.82, 2.24) is 15.1 Å². The van der Waals surface area contributed by atoms with Gasteiger partial charge in [-0.3, -0.25) is 9.48 Å². The third-order valence-electron chi connectivity index (χ3n) is 3.01. The summed E-state index contributed by atoms with van der Waals surface area (Å²) >= 11 is 3.43. The zero-order valence-corrected chi connectivity index (χ0v) is 13.1. The van der Waals surface area contributed by atoms with E-state index in [-0.39, 0.29) is 11.9 Å². The van der Waals surface area contributed by atoms with Gasteiger partial charge in [0.15, 0.2) is 0 Å². The molecule has 1 unspecified atom stereocenters. The maximum absolute atomic E-state index is 12.2. The standard InChI is InChI=1S/C13H22BrN3O/c1-5-10-7-12(17(6-2)16-10)13(18)15-11(8-14)9(3)4/h7,9,11H,5-6,8H2,1-4H3,(H,15,18). The van der Waals surface area contributed by atoms with Crippen molar-refractivity contribution < 1.29 is 4.79 Å². The first-order valence-electron chi connectivity index (χ1n) is 6.46. The van der Waals surface area contributed by atoms with Gasteiger partial charge in [0.2, 0.25) is 0 Å². The van der Waals surface area contributed by atoms with Crippen molar-refractivity contribution in [3.8, 4) is 0 Å². The van der Waals surface area contributed by atoms with Crippen molar-refractivity contribution in [2.75, 3.05) is 5.33 Å². The van der Waals surface area contributed by atoms with Gasteiger partial charge in [-0.2, -0.15) is 5.10 Å². The second kappa shape index (κ2) is 6.92. The van der Waals surface area contributed by atoms with Crippen LogP contribution in [0.4, 0.5) is 0 Å². The number of hydrogen-bond donors (Lipinski definition) is 1. The van der Waals surface area contributed by atoms with Crippen LogP contribution in [0.1, 0.15) is 43.9 Å². The highest BCUT2D eigenvalue weighted by atomic mass is 79.9. The van der Waals surface area contributed by atoms with Gasteiger partial charge in [0.05, 0.1) is 5.69 Å². The molecule has 1 N–H and O–H groups in total. The lowest BCUT2D eigenvalue weighted by Gasteiger charge is -2.19. The highest BCUT2D eigenvalue weighted by Gasteiger charge is 2.19. The lowest BCUT2D eigenvalue weighted by Crippen LogP contribution is -2.40. The molecule has 1 aromatic rings. The molecule has 1 atom stereocenters. The predicted molar refractivity (Wildman–Crippen MR) is 77.2 cm³/mol. The minimum Gasteiger partial charge on any atom is -0.347 e. The second-order valence-electron chi connectivity index (χ2n) is 4.67. The number of carbonyl (C=O) groups is 1. The average molecular weight is 316 g/mol. The van der Waals surface area contributed by atoms with Crippen LogP contribution in [0.15, 0.2) is 6.07 Å². The number of nitrogens with zero attached hydrogens (tertiary/aromatic N) is 2. The van der Waals surface area contributed by atoms with Crippen molar-refractivity contribution in [3.05, 3.63) is 17.5 Å². The molecule has 0 aliphatic rings. The highest BCUT2D eigenvalue weighted by Crippen LogP contribution is 2.09. The van der Waals surface area contributed by atoms with Crippen LogP contribution in [-0.2, 0) is 13.0 Å². The average Bonchev–Trinajstić information content (AvgIpc) is 2.78. The number of nitrogens with one attached hydrogen (secondary N) is 1. The van der Waals surface area contributed by atoms with E-state index >= 15 is 0 Å². The van der Waals surface area contributed by atoms with E-state index in [1.165, 1.54) is 0 Å². The molecular formula is C13H22BrN3O. The molecule has 1 heterocycles. The van der Waals surface area contributed by atoms with Gasteiger partial charge in [0.25, 0.3) is 5.91 Å². The summed E-state index contributed by atoms with van der Waals surface area (Å²) in [4.78, 5) is 12.2. The summed E-state index contributed by atoms with van der Waals surface area (Å²) in [6, 6.07) is 2.02. The fourth-order valence-electron chi connectivity index (χ4n) is 1.69. The SMILES string of the molecule is CCc1cc(C(=O)NC(CBr)C(C)C)n(CC)n1. The molecule has 102 valence electrons. The quantitative estimate of drug-likeness (QED) is 0.820. The number of rotatable bonds is 6. The Hall–Kier alpha value is -0.840. The van der Waals surface area contributed by atoms with Crippen LogP contribution < -0.4 is 5.32 Å². The number of aryl methyl sites for hydroxylation is 2. The van der Waals surface area contributed by atoms with Crippen molar-refractivity contribution >= 4 is 21.8 Å². The Kier molecular flexibility index (Phi) is 5.85. The maximum atomic E-state index is 12.2. The van der Waals surface area contributed by atoms with E-state index in [9.17, 15) is 4.79 Å². The van der Waals surface area contributed by atoms with Gasteiger partial charge in [-0.25, -0.2) is 0 Å². The zero-order chi connectivity index (χ0) is 13.7. The third-order valence-corrected chi connectivity index (χ3v) is 3.71. The van der Waals surface area contributed by atoms with E-state index in [1.807, 2.05) is 19.9 Å². The minimum absolute atomic E-state index is 0.0396. The first kappa shape index (κ1) is 15.2. The maximum Gasteiger partial charge on any atom is 0.269 e. The molecule has 0 aromatic carbocycles. The summed E-state index contributed by atoms with van der Waals surface area (Å²) in [6.45, 7) is 8.94. The molecule has 0 spiro atoms. The molecule has 0 bridgehead atoms. The second-order valence-corrected chi connectivity index (χ2v) is 5.32. The first-order valence-corrected chi connectivity index (χ1v) is 7.59. The van der Waals surface area contributed by atoms with Gasteiger partial charge < -0.3 is 5.32 Å². The Labute approximate surface area is 117 Å². The molecule has 0 fully saturated rings. The number of hydrogen-bond acceptors (Lipinski definition) is 2. The Balaban J connectivity index is 2.86. The predicted octanol–water partition coefficient (Wildman–Crippen LogP) is 2.61. The van der Waals surface area contributed by atoms with Gasteiger partial charge in [-0.05, 0) is 25.3 Å². The normalized spacial score (nSPS) is 12.8. The van der Waals surface area contributed by atoms with Crippen molar-refractivity contribution in [3.63, 3.8) is 0 Å². The number of alkyl halides is 1. The van der Waals surface area contributed by atoms with Gasteiger partial charge in [0, 0.05) is 17.9 Å². The van der Waals surface area contributed by atoms with Crippen LogP contribution in [0.5, 0.6) is 0 Å². The molecule has 1 aromatic heterocycles. The Bertz CT molecular complexity index is 401. The Morgan fingerprint density at radius 2 is 2.17 bits per heavy atom. The molecule has 4 nitrogen and oxygen atoms in total. The summed E-state index contributed by atoms with van der Waals surface area (Å²) in [5, 5.41) is 8.20. The summed E-state index contributed by atoms with van der Waals surface area (Å²) in [7, 11) is 0. The summed E-state index contributed by atoms with van der Waals surface area (Å²) in [5.41, 5.74) is 1.61. The van der Waals surface area contributed by atoms with E-state index in [0.717, 1.165) is 17.4 Å². The smallest absolute Gasteiger partial charge is 0.269 e. The fraction of sp³-hybridized carbons (Fsp3) is 0.692. The highest BCUT2D eigenvalue weighted by molar-refractivity contribution is 9.09. The Morgan fingerprint density at radius 3 is 2.61 bits per heavy atom. The Morgan fingerprint density at radius 1 is 1.50 bits per heavy atom. The number of amides is 1. The van der Waals surface area contributed by atoms with Crippen molar-refractivity contribution in [2.45, 2.75) is 46.7 Å². The van der Waals surface area contributed by atoms with E-state index < -0.39 is 0 Å². The summed E-state index contributed by atoms with van der Waals surface area (Å²) in [6.07, 6.45) is 0.847. The largest absolute Gasteiger partial charge is 0.347 e. The van der Waals surface area contributed by atoms with E-state index in [0.29, 0.717) is 18.2 Å².